The van der Waals surface area contributed by atoms with Crippen molar-refractivity contribution in [2.45, 2.75) is 30.9 Å². The van der Waals surface area contributed by atoms with Crippen LogP contribution in [0.3, 0.4) is 0 Å². The van der Waals surface area contributed by atoms with Crippen molar-refractivity contribution in [1.29, 1.82) is 0 Å². The van der Waals surface area contributed by atoms with Gasteiger partial charge in [0.15, 0.2) is 6.10 Å². The summed E-state index contributed by atoms with van der Waals surface area (Å²) in [4.78, 5) is 25.0. The maximum atomic E-state index is 12.1. The zero-order chi connectivity index (χ0) is 19.6. The Bertz CT molecular complexity index is 750. The summed E-state index contributed by atoms with van der Waals surface area (Å²) < 4.78 is 10.3. The highest BCUT2D eigenvalue weighted by Crippen LogP contribution is 2.21. The molecule has 0 saturated heterocycles. The third kappa shape index (κ3) is 7.53. The second kappa shape index (κ2) is 10.8. The Balaban J connectivity index is 1.67. The maximum absolute atomic E-state index is 12.1. The summed E-state index contributed by atoms with van der Waals surface area (Å²) in [5.74, 6) is 0.595. The van der Waals surface area contributed by atoms with Gasteiger partial charge in [-0.25, -0.2) is 0 Å². The Morgan fingerprint density at radius 1 is 1.11 bits per heavy atom. The van der Waals surface area contributed by atoms with Crippen molar-refractivity contribution in [3.05, 3.63) is 59.1 Å². The molecule has 0 aliphatic rings. The molecule has 1 atom stereocenters. The molecule has 0 bridgehead atoms. The number of ether oxygens (including phenoxy) is 2. The molecule has 2 aromatic carbocycles. The molecular weight excluding hydrogens is 386 g/mol. The molecule has 2 aromatic rings. The molecular formula is C20H22ClNO4S. The predicted octanol–water partition coefficient (Wildman–Crippen LogP) is 4.08. The summed E-state index contributed by atoms with van der Waals surface area (Å²) in [6.45, 7) is 1.92. The maximum Gasteiger partial charge on any atom is 0.307 e. The molecule has 2 rings (SSSR count). The van der Waals surface area contributed by atoms with Crippen molar-refractivity contribution in [2.75, 3.05) is 12.9 Å². The zero-order valence-corrected chi connectivity index (χ0v) is 16.8. The first kappa shape index (κ1) is 21.1. The molecule has 5 nitrogen and oxygen atoms in total. The Labute approximate surface area is 168 Å². The quantitative estimate of drug-likeness (QED) is 0.501. The Morgan fingerprint density at radius 2 is 1.78 bits per heavy atom. The van der Waals surface area contributed by atoms with Gasteiger partial charge in [0.1, 0.15) is 5.75 Å². The number of rotatable bonds is 9. The van der Waals surface area contributed by atoms with Crippen LogP contribution in [0.1, 0.15) is 18.9 Å². The summed E-state index contributed by atoms with van der Waals surface area (Å²) in [6, 6.07) is 14.8. The van der Waals surface area contributed by atoms with Crippen LogP contribution < -0.4 is 10.1 Å². The van der Waals surface area contributed by atoms with Crippen LogP contribution in [0.4, 0.5) is 0 Å². The van der Waals surface area contributed by atoms with E-state index in [2.05, 4.69) is 5.32 Å². The molecule has 0 aromatic heterocycles. The first-order valence-electron chi connectivity index (χ1n) is 8.46. The normalized spacial score (nSPS) is 11.5. The second-order valence-electron chi connectivity index (χ2n) is 5.75. The number of carbonyl (C=O) groups excluding carboxylic acids is 2. The Kier molecular flexibility index (Phi) is 8.48. The van der Waals surface area contributed by atoms with E-state index < -0.39 is 12.1 Å². The van der Waals surface area contributed by atoms with E-state index >= 15 is 0 Å². The van der Waals surface area contributed by atoms with Gasteiger partial charge in [0.05, 0.1) is 13.5 Å². The molecule has 0 heterocycles. The molecule has 27 heavy (non-hydrogen) atoms. The summed E-state index contributed by atoms with van der Waals surface area (Å²) in [6.07, 6.45) is -0.611. The van der Waals surface area contributed by atoms with Crippen LogP contribution >= 0.6 is 23.4 Å². The summed E-state index contributed by atoms with van der Waals surface area (Å²) in [5.41, 5.74) is 0.932. The van der Waals surface area contributed by atoms with Gasteiger partial charge in [0.25, 0.3) is 5.91 Å². The number of hydrogen-bond acceptors (Lipinski definition) is 5. The lowest BCUT2D eigenvalue weighted by Crippen LogP contribution is -2.35. The van der Waals surface area contributed by atoms with Gasteiger partial charge in [-0.3, -0.25) is 9.59 Å². The number of amides is 1. The third-order valence-corrected chi connectivity index (χ3v) is 4.96. The molecule has 0 unspecified atom stereocenters. The molecule has 0 radical (unpaired) electrons. The number of benzene rings is 2. The largest absolute Gasteiger partial charge is 0.497 e. The summed E-state index contributed by atoms with van der Waals surface area (Å²) in [7, 11) is 1.60. The number of carbonyl (C=O) groups is 2. The average Bonchev–Trinajstić information content (AvgIpc) is 2.68. The minimum Gasteiger partial charge on any atom is -0.497 e. The SMILES string of the molecule is COc1ccc(CNC(=O)[C@@H](C)OC(=O)CCSc2ccc(Cl)cc2)cc1. The Morgan fingerprint density at radius 3 is 2.41 bits per heavy atom. The lowest BCUT2D eigenvalue weighted by Gasteiger charge is -2.13. The molecule has 0 aliphatic heterocycles. The highest BCUT2D eigenvalue weighted by Gasteiger charge is 2.17. The van der Waals surface area contributed by atoms with Gasteiger partial charge < -0.3 is 14.8 Å². The van der Waals surface area contributed by atoms with Crippen molar-refractivity contribution in [3.63, 3.8) is 0 Å². The van der Waals surface area contributed by atoms with E-state index in [0.717, 1.165) is 16.2 Å². The monoisotopic (exact) mass is 407 g/mol. The van der Waals surface area contributed by atoms with Gasteiger partial charge in [-0.2, -0.15) is 0 Å². The summed E-state index contributed by atoms with van der Waals surface area (Å²) in [5, 5.41) is 3.43. The van der Waals surface area contributed by atoms with E-state index in [1.165, 1.54) is 11.8 Å². The van der Waals surface area contributed by atoms with E-state index in [1.54, 1.807) is 26.2 Å². The van der Waals surface area contributed by atoms with E-state index in [-0.39, 0.29) is 12.3 Å². The number of thioether (sulfide) groups is 1. The van der Waals surface area contributed by atoms with Crippen molar-refractivity contribution >= 4 is 35.2 Å². The fraction of sp³-hybridized carbons (Fsp3) is 0.300. The topological polar surface area (TPSA) is 64.6 Å². The smallest absolute Gasteiger partial charge is 0.307 e. The number of halogens is 1. The van der Waals surface area contributed by atoms with Crippen LogP contribution in [0.25, 0.3) is 0 Å². The van der Waals surface area contributed by atoms with Crippen molar-refractivity contribution in [3.8, 4) is 5.75 Å². The second-order valence-corrected chi connectivity index (χ2v) is 7.36. The highest BCUT2D eigenvalue weighted by atomic mass is 35.5. The lowest BCUT2D eigenvalue weighted by atomic mass is 10.2. The minimum atomic E-state index is -0.837. The molecule has 1 amide bonds. The number of hydrogen-bond donors (Lipinski definition) is 1. The van der Waals surface area contributed by atoms with Crippen LogP contribution in [-0.4, -0.2) is 30.8 Å². The fourth-order valence-electron chi connectivity index (χ4n) is 2.17. The number of nitrogens with one attached hydrogen (secondary N) is 1. The van der Waals surface area contributed by atoms with Gasteiger partial charge in [-0.1, -0.05) is 23.7 Å². The van der Waals surface area contributed by atoms with E-state index in [0.29, 0.717) is 17.3 Å². The fourth-order valence-corrected chi connectivity index (χ4v) is 3.13. The average molecular weight is 408 g/mol. The first-order chi connectivity index (χ1) is 13.0. The first-order valence-corrected chi connectivity index (χ1v) is 9.83. The van der Waals surface area contributed by atoms with Gasteiger partial charge in [0, 0.05) is 22.2 Å². The molecule has 0 aliphatic carbocycles. The molecule has 1 N–H and O–H groups in total. The van der Waals surface area contributed by atoms with Crippen LogP contribution in [0, 0.1) is 0 Å². The van der Waals surface area contributed by atoms with Gasteiger partial charge in [0.2, 0.25) is 0 Å². The standard InChI is InChI=1S/C20H22ClNO4S/c1-14(20(24)22-13-15-3-7-17(25-2)8-4-15)26-19(23)11-12-27-18-9-5-16(21)6-10-18/h3-10,14H,11-13H2,1-2H3,(H,22,24)/t14-/m1/s1. The van der Waals surface area contributed by atoms with Gasteiger partial charge >= 0.3 is 5.97 Å². The predicted molar refractivity (Wildman–Crippen MR) is 107 cm³/mol. The highest BCUT2D eigenvalue weighted by molar-refractivity contribution is 7.99. The van der Waals surface area contributed by atoms with Crippen LogP contribution in [0.2, 0.25) is 5.02 Å². The van der Waals surface area contributed by atoms with Crippen molar-refractivity contribution < 1.29 is 19.1 Å². The van der Waals surface area contributed by atoms with Crippen molar-refractivity contribution in [1.82, 2.24) is 5.32 Å². The minimum absolute atomic E-state index is 0.226. The third-order valence-electron chi connectivity index (χ3n) is 3.69. The molecule has 0 fully saturated rings. The molecule has 0 saturated carbocycles. The van der Waals surface area contributed by atoms with Crippen LogP contribution in [-0.2, 0) is 20.9 Å². The van der Waals surface area contributed by atoms with Crippen LogP contribution in [0.5, 0.6) is 5.75 Å². The van der Waals surface area contributed by atoms with E-state index in [9.17, 15) is 9.59 Å². The molecule has 7 heteroatoms. The summed E-state index contributed by atoms with van der Waals surface area (Å²) >= 11 is 7.37. The zero-order valence-electron chi connectivity index (χ0n) is 15.2. The number of esters is 1. The van der Waals surface area contributed by atoms with Crippen LogP contribution in [0.15, 0.2) is 53.4 Å². The lowest BCUT2D eigenvalue weighted by molar-refractivity contribution is -0.154. The van der Waals surface area contributed by atoms with E-state index in [1.807, 2.05) is 36.4 Å². The van der Waals surface area contributed by atoms with Gasteiger partial charge in [-0.05, 0) is 48.9 Å². The van der Waals surface area contributed by atoms with Crippen molar-refractivity contribution in [2.24, 2.45) is 0 Å². The number of methoxy groups -OCH3 is 1. The Hall–Kier alpha value is -2.18. The van der Waals surface area contributed by atoms with E-state index in [4.69, 9.17) is 21.1 Å². The molecule has 144 valence electrons. The molecule has 0 spiro atoms. The van der Waals surface area contributed by atoms with Gasteiger partial charge in [-0.15, -0.1) is 11.8 Å².